The van der Waals surface area contributed by atoms with Gasteiger partial charge >= 0.3 is 0 Å². The maximum absolute atomic E-state index is 11.4. The van der Waals surface area contributed by atoms with Crippen molar-refractivity contribution in [3.8, 4) is 0 Å². The van der Waals surface area contributed by atoms with Gasteiger partial charge in [0.05, 0.1) is 12.3 Å². The Morgan fingerprint density at radius 1 is 1.63 bits per heavy atom. The molecule has 1 aliphatic carbocycles. The number of aromatic nitrogens is 1. The zero-order chi connectivity index (χ0) is 13.9. The molecule has 6 heteroatoms. The van der Waals surface area contributed by atoms with Gasteiger partial charge in [0, 0.05) is 30.9 Å². The summed E-state index contributed by atoms with van der Waals surface area (Å²) in [6.07, 6.45) is 3.22. The third-order valence-corrected chi connectivity index (χ3v) is 4.64. The first-order chi connectivity index (χ1) is 9.10. The molecule has 1 amide bonds. The molecular formula is C13H21N3O2S. The number of hydrogen-bond donors (Lipinski definition) is 2. The van der Waals surface area contributed by atoms with E-state index in [-0.39, 0.29) is 18.1 Å². The minimum Gasteiger partial charge on any atom is -0.394 e. The summed E-state index contributed by atoms with van der Waals surface area (Å²) in [7, 11) is 0. The summed E-state index contributed by atoms with van der Waals surface area (Å²) in [5.74, 6) is 0.0159. The van der Waals surface area contributed by atoms with Crippen LogP contribution in [0.3, 0.4) is 0 Å². The first-order valence-electron chi connectivity index (χ1n) is 6.68. The van der Waals surface area contributed by atoms with Crippen molar-refractivity contribution in [3.63, 3.8) is 0 Å². The van der Waals surface area contributed by atoms with Crippen LogP contribution in [0.5, 0.6) is 0 Å². The number of aliphatic hydroxyl groups is 1. The van der Waals surface area contributed by atoms with Crippen LogP contribution in [0.4, 0.5) is 5.13 Å². The predicted molar refractivity (Wildman–Crippen MR) is 76.3 cm³/mol. The summed E-state index contributed by atoms with van der Waals surface area (Å²) in [5, 5.41) is 15.5. The summed E-state index contributed by atoms with van der Waals surface area (Å²) < 4.78 is 0. The number of anilines is 1. The lowest BCUT2D eigenvalue weighted by atomic mass is 9.77. The molecular weight excluding hydrogens is 262 g/mol. The Morgan fingerprint density at radius 3 is 2.84 bits per heavy atom. The van der Waals surface area contributed by atoms with Gasteiger partial charge in [0.15, 0.2) is 5.13 Å². The predicted octanol–water partition coefficient (Wildman–Crippen LogP) is 1.52. The number of rotatable bonds is 6. The zero-order valence-corrected chi connectivity index (χ0v) is 12.3. The summed E-state index contributed by atoms with van der Waals surface area (Å²) in [4.78, 5) is 17.6. The van der Waals surface area contributed by atoms with Crippen molar-refractivity contribution in [2.24, 2.45) is 0 Å². The molecule has 0 aliphatic heterocycles. The number of nitrogens with zero attached hydrogens (tertiary/aromatic N) is 2. The van der Waals surface area contributed by atoms with E-state index in [1.807, 2.05) is 12.3 Å². The van der Waals surface area contributed by atoms with Crippen LogP contribution in [0.1, 0.15) is 38.8 Å². The number of thiazole rings is 1. The first-order valence-corrected chi connectivity index (χ1v) is 7.56. The van der Waals surface area contributed by atoms with Gasteiger partial charge in [-0.15, -0.1) is 11.3 Å². The number of nitrogens with one attached hydrogen (secondary N) is 1. The van der Waals surface area contributed by atoms with Crippen LogP contribution in [0.25, 0.3) is 0 Å². The molecule has 1 saturated carbocycles. The fourth-order valence-corrected chi connectivity index (χ4v) is 3.20. The minimum absolute atomic E-state index is 0.0159. The average Bonchev–Trinajstić information content (AvgIpc) is 2.77. The maximum atomic E-state index is 11.4. The van der Waals surface area contributed by atoms with Crippen molar-refractivity contribution >= 4 is 22.4 Å². The molecule has 2 N–H and O–H groups in total. The van der Waals surface area contributed by atoms with Gasteiger partial charge in [-0.3, -0.25) is 9.69 Å². The largest absolute Gasteiger partial charge is 0.394 e. The van der Waals surface area contributed by atoms with E-state index >= 15 is 0 Å². The van der Waals surface area contributed by atoms with E-state index < -0.39 is 0 Å². The fraction of sp³-hybridized carbons (Fsp3) is 0.692. The van der Waals surface area contributed by atoms with Crippen LogP contribution < -0.4 is 10.2 Å². The molecule has 1 aromatic rings. The second kappa shape index (κ2) is 5.98. The molecule has 1 heterocycles. The van der Waals surface area contributed by atoms with Gasteiger partial charge in [0.2, 0.25) is 5.91 Å². The summed E-state index contributed by atoms with van der Waals surface area (Å²) in [6, 6.07) is 0. The normalized spacial score (nSPS) is 17.0. The standard InChI is InChI=1S/C13H21N3O2S/c1-3-16(10(2)18)12-15-11(8-19-12)7-14-13(9-17)5-4-6-13/h8,14,17H,3-7,9H2,1-2H3. The van der Waals surface area contributed by atoms with Crippen LogP contribution in [0, 0.1) is 0 Å². The maximum Gasteiger partial charge on any atom is 0.225 e. The molecule has 0 atom stereocenters. The third kappa shape index (κ3) is 3.13. The molecule has 0 radical (unpaired) electrons. The Labute approximate surface area is 117 Å². The Hall–Kier alpha value is -0.980. The quantitative estimate of drug-likeness (QED) is 0.831. The second-order valence-corrected chi connectivity index (χ2v) is 5.87. The molecule has 0 bridgehead atoms. The number of aliphatic hydroxyl groups excluding tert-OH is 1. The van der Waals surface area contributed by atoms with Crippen LogP contribution in [-0.4, -0.2) is 34.7 Å². The van der Waals surface area contributed by atoms with Crippen molar-refractivity contribution in [1.82, 2.24) is 10.3 Å². The summed E-state index contributed by atoms with van der Waals surface area (Å²) >= 11 is 1.49. The fourth-order valence-electron chi connectivity index (χ4n) is 2.27. The molecule has 0 saturated heterocycles. The molecule has 0 unspecified atom stereocenters. The van der Waals surface area contributed by atoms with Crippen LogP contribution >= 0.6 is 11.3 Å². The average molecular weight is 283 g/mol. The molecule has 1 aromatic heterocycles. The van der Waals surface area contributed by atoms with Crippen LogP contribution in [0.2, 0.25) is 0 Å². The highest BCUT2D eigenvalue weighted by Gasteiger charge is 2.35. The van der Waals surface area contributed by atoms with Crippen LogP contribution in [-0.2, 0) is 11.3 Å². The third-order valence-electron chi connectivity index (χ3n) is 3.72. The molecule has 1 fully saturated rings. The van der Waals surface area contributed by atoms with Crippen molar-refractivity contribution < 1.29 is 9.90 Å². The Kier molecular flexibility index (Phi) is 4.54. The Morgan fingerprint density at radius 2 is 2.37 bits per heavy atom. The van der Waals surface area contributed by atoms with E-state index in [1.165, 1.54) is 17.8 Å². The van der Waals surface area contributed by atoms with E-state index in [0.29, 0.717) is 13.1 Å². The first kappa shape index (κ1) is 14.4. The molecule has 2 rings (SSSR count). The molecule has 0 aromatic carbocycles. The van der Waals surface area contributed by atoms with Crippen molar-refractivity contribution in [2.75, 3.05) is 18.1 Å². The Balaban J connectivity index is 1.95. The van der Waals surface area contributed by atoms with Gasteiger partial charge in [0.1, 0.15) is 0 Å². The molecule has 19 heavy (non-hydrogen) atoms. The molecule has 106 valence electrons. The highest BCUT2D eigenvalue weighted by Crippen LogP contribution is 2.31. The van der Waals surface area contributed by atoms with Crippen molar-refractivity contribution in [3.05, 3.63) is 11.1 Å². The molecule has 0 spiro atoms. The number of hydrogen-bond acceptors (Lipinski definition) is 5. The van der Waals surface area contributed by atoms with Gasteiger partial charge in [0.25, 0.3) is 0 Å². The Bertz CT molecular complexity index is 437. The number of amides is 1. The number of carbonyl (C=O) groups is 1. The van der Waals surface area contributed by atoms with Gasteiger partial charge in [-0.25, -0.2) is 4.98 Å². The lowest BCUT2D eigenvalue weighted by Crippen LogP contribution is -2.53. The van der Waals surface area contributed by atoms with Gasteiger partial charge < -0.3 is 10.4 Å². The molecule has 1 aliphatic rings. The second-order valence-electron chi connectivity index (χ2n) is 5.03. The van der Waals surface area contributed by atoms with Gasteiger partial charge in [-0.05, 0) is 26.2 Å². The van der Waals surface area contributed by atoms with E-state index in [1.54, 1.807) is 11.8 Å². The summed E-state index contributed by atoms with van der Waals surface area (Å²) in [6.45, 7) is 4.95. The monoisotopic (exact) mass is 283 g/mol. The van der Waals surface area contributed by atoms with Crippen molar-refractivity contribution in [1.29, 1.82) is 0 Å². The lowest BCUT2D eigenvalue weighted by molar-refractivity contribution is -0.116. The summed E-state index contributed by atoms with van der Waals surface area (Å²) in [5.41, 5.74) is 0.828. The molecule has 5 nitrogen and oxygen atoms in total. The van der Waals surface area contributed by atoms with Gasteiger partial charge in [-0.1, -0.05) is 0 Å². The van der Waals surface area contributed by atoms with E-state index in [2.05, 4.69) is 10.3 Å². The smallest absolute Gasteiger partial charge is 0.225 e. The van der Waals surface area contributed by atoms with E-state index in [9.17, 15) is 9.90 Å². The van der Waals surface area contributed by atoms with Gasteiger partial charge in [-0.2, -0.15) is 0 Å². The SMILES string of the molecule is CCN(C(C)=O)c1nc(CNC2(CO)CCC2)cs1. The highest BCUT2D eigenvalue weighted by molar-refractivity contribution is 7.14. The van der Waals surface area contributed by atoms with Crippen molar-refractivity contribution in [2.45, 2.75) is 45.2 Å². The topological polar surface area (TPSA) is 65.5 Å². The zero-order valence-electron chi connectivity index (χ0n) is 11.5. The van der Waals surface area contributed by atoms with E-state index in [4.69, 9.17) is 0 Å². The minimum atomic E-state index is -0.102. The number of carbonyl (C=O) groups excluding carboxylic acids is 1. The van der Waals surface area contributed by atoms with Crippen LogP contribution in [0.15, 0.2) is 5.38 Å². The highest BCUT2D eigenvalue weighted by atomic mass is 32.1. The lowest BCUT2D eigenvalue weighted by Gasteiger charge is -2.41. The van der Waals surface area contributed by atoms with E-state index in [0.717, 1.165) is 23.7 Å².